The molecular formula is C26H25NO2. The highest BCUT2D eigenvalue weighted by Gasteiger charge is 2.42. The van der Waals surface area contributed by atoms with Crippen LogP contribution in [0.15, 0.2) is 72.8 Å². The molecular weight excluding hydrogens is 358 g/mol. The molecule has 3 aliphatic rings. The first-order valence-corrected chi connectivity index (χ1v) is 10.3. The van der Waals surface area contributed by atoms with Gasteiger partial charge in [-0.3, -0.25) is 4.79 Å². The van der Waals surface area contributed by atoms with Crippen molar-refractivity contribution in [3.05, 3.63) is 101 Å². The van der Waals surface area contributed by atoms with Crippen molar-refractivity contribution < 1.29 is 9.53 Å². The van der Waals surface area contributed by atoms with E-state index in [2.05, 4.69) is 53.8 Å². The van der Waals surface area contributed by atoms with E-state index in [1.807, 2.05) is 24.3 Å². The normalized spacial score (nSPS) is 21.2. The van der Waals surface area contributed by atoms with E-state index in [4.69, 9.17) is 4.74 Å². The SMILES string of the molecule is COc1ccccc1CC(=O)NC[C@@H]1CC2c3ccccc3C1c1ccccc12. The molecule has 3 aromatic rings. The Hall–Kier alpha value is -3.07. The summed E-state index contributed by atoms with van der Waals surface area (Å²) in [5.74, 6) is 2.04. The number of benzene rings is 3. The van der Waals surface area contributed by atoms with Gasteiger partial charge >= 0.3 is 0 Å². The van der Waals surface area contributed by atoms with E-state index in [0.29, 0.717) is 30.7 Å². The summed E-state index contributed by atoms with van der Waals surface area (Å²) in [6.45, 7) is 0.706. The first kappa shape index (κ1) is 18.0. The molecule has 3 aliphatic carbocycles. The van der Waals surface area contributed by atoms with Crippen molar-refractivity contribution in [2.24, 2.45) is 5.92 Å². The Kier molecular flexibility index (Phi) is 4.59. The first-order chi connectivity index (χ1) is 14.3. The van der Waals surface area contributed by atoms with Crippen LogP contribution in [0.4, 0.5) is 0 Å². The zero-order valence-corrected chi connectivity index (χ0v) is 16.6. The average Bonchev–Trinajstić information content (AvgIpc) is 2.78. The van der Waals surface area contributed by atoms with Crippen molar-refractivity contribution in [1.29, 1.82) is 0 Å². The van der Waals surface area contributed by atoms with Gasteiger partial charge in [-0.25, -0.2) is 0 Å². The number of carbonyl (C=O) groups excluding carboxylic acids is 1. The van der Waals surface area contributed by atoms with Gasteiger partial charge < -0.3 is 10.1 Å². The smallest absolute Gasteiger partial charge is 0.224 e. The van der Waals surface area contributed by atoms with Gasteiger partial charge in [0.1, 0.15) is 5.75 Å². The quantitative estimate of drug-likeness (QED) is 0.696. The second-order valence-electron chi connectivity index (χ2n) is 8.08. The molecule has 0 radical (unpaired) electrons. The Morgan fingerprint density at radius 1 is 0.897 bits per heavy atom. The van der Waals surface area contributed by atoms with Gasteiger partial charge in [0.25, 0.3) is 0 Å². The fraction of sp³-hybridized carbons (Fsp3) is 0.269. The number of hydrogen-bond acceptors (Lipinski definition) is 2. The van der Waals surface area contributed by atoms with Crippen LogP contribution in [0.5, 0.6) is 5.75 Å². The predicted molar refractivity (Wildman–Crippen MR) is 114 cm³/mol. The van der Waals surface area contributed by atoms with Crippen molar-refractivity contribution in [3.8, 4) is 5.75 Å². The van der Waals surface area contributed by atoms with Crippen LogP contribution in [0.1, 0.15) is 46.1 Å². The maximum atomic E-state index is 12.7. The monoisotopic (exact) mass is 383 g/mol. The van der Waals surface area contributed by atoms with Crippen molar-refractivity contribution in [2.75, 3.05) is 13.7 Å². The molecule has 1 amide bonds. The second-order valence-corrected chi connectivity index (χ2v) is 8.08. The van der Waals surface area contributed by atoms with E-state index in [1.54, 1.807) is 7.11 Å². The number of hydrogen-bond donors (Lipinski definition) is 1. The molecule has 1 N–H and O–H groups in total. The maximum Gasteiger partial charge on any atom is 0.224 e. The van der Waals surface area contributed by atoms with Crippen molar-refractivity contribution >= 4 is 5.91 Å². The van der Waals surface area contributed by atoms with E-state index in [1.165, 1.54) is 22.3 Å². The van der Waals surface area contributed by atoms with Gasteiger partial charge in [-0.15, -0.1) is 0 Å². The van der Waals surface area contributed by atoms with Crippen molar-refractivity contribution in [2.45, 2.75) is 24.7 Å². The number of fused-ring (bicyclic) bond motifs is 1. The molecule has 0 fully saturated rings. The summed E-state index contributed by atoms with van der Waals surface area (Å²) in [5.41, 5.74) is 6.73. The van der Waals surface area contributed by atoms with Gasteiger partial charge in [0, 0.05) is 23.9 Å². The molecule has 146 valence electrons. The summed E-state index contributed by atoms with van der Waals surface area (Å²) < 4.78 is 5.38. The van der Waals surface area contributed by atoms with Crippen LogP contribution in [0, 0.1) is 5.92 Å². The molecule has 3 nitrogen and oxygen atoms in total. The molecule has 0 heterocycles. The number of rotatable bonds is 5. The Labute approximate surface area is 171 Å². The Balaban J connectivity index is 1.35. The van der Waals surface area contributed by atoms with E-state index in [-0.39, 0.29) is 5.91 Å². The topological polar surface area (TPSA) is 38.3 Å². The van der Waals surface area contributed by atoms with E-state index in [9.17, 15) is 4.79 Å². The largest absolute Gasteiger partial charge is 0.496 e. The lowest BCUT2D eigenvalue weighted by atomic mass is 9.59. The summed E-state index contributed by atoms with van der Waals surface area (Å²) in [4.78, 5) is 12.7. The van der Waals surface area contributed by atoms with Gasteiger partial charge in [-0.1, -0.05) is 66.7 Å². The van der Waals surface area contributed by atoms with Gasteiger partial charge in [-0.2, -0.15) is 0 Å². The molecule has 3 aromatic carbocycles. The molecule has 3 heteroatoms. The molecule has 2 bridgehead atoms. The summed E-state index contributed by atoms with van der Waals surface area (Å²) in [5, 5.41) is 3.20. The molecule has 1 atom stereocenters. The maximum absolute atomic E-state index is 12.7. The van der Waals surface area contributed by atoms with Crippen LogP contribution in [0.3, 0.4) is 0 Å². The third kappa shape index (κ3) is 3.11. The fourth-order valence-corrected chi connectivity index (χ4v) is 5.29. The highest BCUT2D eigenvalue weighted by atomic mass is 16.5. The van der Waals surface area contributed by atoms with Crippen LogP contribution in [0.25, 0.3) is 0 Å². The van der Waals surface area contributed by atoms with Crippen LogP contribution < -0.4 is 10.1 Å². The van der Waals surface area contributed by atoms with Crippen LogP contribution >= 0.6 is 0 Å². The third-order valence-electron chi connectivity index (χ3n) is 6.53. The number of amides is 1. The average molecular weight is 383 g/mol. The zero-order chi connectivity index (χ0) is 19.8. The van der Waals surface area contributed by atoms with Gasteiger partial charge in [0.05, 0.1) is 13.5 Å². The molecule has 0 aliphatic heterocycles. The van der Waals surface area contributed by atoms with Crippen LogP contribution in [-0.2, 0) is 11.2 Å². The molecule has 0 aromatic heterocycles. The number of methoxy groups -OCH3 is 1. The standard InChI is InChI=1S/C26H25NO2/c1-29-24-13-7-2-8-17(24)15-25(28)27-16-18-14-23-19-9-3-5-11-21(19)26(18)22-12-6-4-10-20(22)23/h2-13,18,23,26H,14-16H2,1H3,(H,27,28)/t18-,23?,26?/m0/s1. The Morgan fingerprint density at radius 3 is 2.14 bits per heavy atom. The zero-order valence-electron chi connectivity index (χ0n) is 16.6. The number of para-hydroxylation sites is 1. The summed E-state index contributed by atoms with van der Waals surface area (Å²) in [7, 11) is 1.64. The minimum atomic E-state index is 0.0533. The Bertz CT molecular complexity index is 1010. The predicted octanol–water partition coefficient (Wildman–Crippen LogP) is 4.65. The summed E-state index contributed by atoms with van der Waals surface area (Å²) in [6.07, 6.45) is 1.44. The van der Waals surface area contributed by atoms with Gasteiger partial charge in [0.2, 0.25) is 5.91 Å². The van der Waals surface area contributed by atoms with E-state index >= 15 is 0 Å². The minimum Gasteiger partial charge on any atom is -0.496 e. The van der Waals surface area contributed by atoms with E-state index in [0.717, 1.165) is 17.7 Å². The molecule has 0 unspecified atom stereocenters. The van der Waals surface area contributed by atoms with Crippen LogP contribution in [0.2, 0.25) is 0 Å². The second kappa shape index (κ2) is 7.40. The molecule has 29 heavy (non-hydrogen) atoms. The lowest BCUT2D eigenvalue weighted by molar-refractivity contribution is -0.120. The lowest BCUT2D eigenvalue weighted by Crippen LogP contribution is -2.39. The van der Waals surface area contributed by atoms with Crippen LogP contribution in [-0.4, -0.2) is 19.6 Å². The van der Waals surface area contributed by atoms with Gasteiger partial charge in [0.15, 0.2) is 0 Å². The fourth-order valence-electron chi connectivity index (χ4n) is 5.29. The minimum absolute atomic E-state index is 0.0533. The highest BCUT2D eigenvalue weighted by Crippen LogP contribution is 2.55. The summed E-state index contributed by atoms with van der Waals surface area (Å²) in [6, 6.07) is 25.4. The van der Waals surface area contributed by atoms with E-state index < -0.39 is 0 Å². The number of carbonyl (C=O) groups is 1. The third-order valence-corrected chi connectivity index (χ3v) is 6.53. The summed E-state index contributed by atoms with van der Waals surface area (Å²) >= 11 is 0. The highest BCUT2D eigenvalue weighted by molar-refractivity contribution is 5.79. The first-order valence-electron chi connectivity index (χ1n) is 10.3. The molecule has 0 saturated carbocycles. The number of ether oxygens (including phenoxy) is 1. The lowest BCUT2D eigenvalue weighted by Gasteiger charge is -2.45. The number of nitrogens with one attached hydrogen (secondary N) is 1. The van der Waals surface area contributed by atoms with Crippen molar-refractivity contribution in [1.82, 2.24) is 5.32 Å². The molecule has 0 spiro atoms. The van der Waals surface area contributed by atoms with Gasteiger partial charge in [-0.05, 0) is 40.7 Å². The Morgan fingerprint density at radius 2 is 1.48 bits per heavy atom. The molecule has 0 saturated heterocycles. The molecule has 6 rings (SSSR count). The van der Waals surface area contributed by atoms with Crippen molar-refractivity contribution in [3.63, 3.8) is 0 Å².